The van der Waals surface area contributed by atoms with Crippen molar-refractivity contribution in [2.24, 2.45) is 5.41 Å². The summed E-state index contributed by atoms with van der Waals surface area (Å²) in [6, 6.07) is 5.61. The van der Waals surface area contributed by atoms with E-state index in [0.717, 1.165) is 16.5 Å². The fraction of sp³-hybridized carbons (Fsp3) is 0.533. The lowest BCUT2D eigenvalue weighted by molar-refractivity contribution is 0.0951. The van der Waals surface area contributed by atoms with Gasteiger partial charge in [-0.25, -0.2) is 0 Å². The number of nitrogens with one attached hydrogen (secondary N) is 1. The monoisotopic (exact) mass is 345 g/mol. The molecule has 19 heavy (non-hydrogen) atoms. The van der Waals surface area contributed by atoms with Crippen LogP contribution >= 0.6 is 27.5 Å². The minimum Gasteiger partial charge on any atom is -0.351 e. The molecule has 4 heteroatoms. The first kappa shape index (κ1) is 16.5. The molecule has 0 aliphatic heterocycles. The Hall–Kier alpha value is -0.540. The Morgan fingerprint density at radius 3 is 2.63 bits per heavy atom. The zero-order valence-electron chi connectivity index (χ0n) is 11.9. The van der Waals surface area contributed by atoms with Crippen molar-refractivity contribution in [3.05, 3.63) is 33.8 Å². The number of carbonyl (C=O) groups excluding carboxylic acids is 1. The Balaban J connectivity index is 2.59. The number of hydrogen-bond donors (Lipinski definition) is 1. The first-order chi connectivity index (χ1) is 8.70. The molecule has 0 saturated heterocycles. The summed E-state index contributed by atoms with van der Waals surface area (Å²) in [7, 11) is 0. The molecule has 0 aliphatic rings. The first-order valence-corrected chi connectivity index (χ1v) is 7.61. The molecule has 1 atom stereocenters. The summed E-state index contributed by atoms with van der Waals surface area (Å²) in [4.78, 5) is 12.1. The van der Waals surface area contributed by atoms with Gasteiger partial charge in [0.05, 0.1) is 5.38 Å². The van der Waals surface area contributed by atoms with Gasteiger partial charge in [0.1, 0.15) is 0 Å². The fourth-order valence-corrected chi connectivity index (χ4v) is 2.80. The summed E-state index contributed by atoms with van der Waals surface area (Å²) in [6.07, 6.45) is 0.867. The Labute approximate surface area is 129 Å². The molecular formula is C15H21BrClNO. The highest BCUT2D eigenvalue weighted by molar-refractivity contribution is 9.10. The van der Waals surface area contributed by atoms with Gasteiger partial charge in [-0.3, -0.25) is 4.79 Å². The summed E-state index contributed by atoms with van der Waals surface area (Å²) in [5.74, 6) is -0.0710. The van der Waals surface area contributed by atoms with E-state index in [1.165, 1.54) is 0 Å². The van der Waals surface area contributed by atoms with Crippen molar-refractivity contribution in [1.29, 1.82) is 0 Å². The van der Waals surface area contributed by atoms with Crippen LogP contribution in [0.15, 0.2) is 22.7 Å². The smallest absolute Gasteiger partial charge is 0.251 e. The van der Waals surface area contributed by atoms with Crippen LogP contribution in [-0.4, -0.2) is 17.8 Å². The highest BCUT2D eigenvalue weighted by Crippen LogP contribution is 2.23. The van der Waals surface area contributed by atoms with Crippen LogP contribution in [0, 0.1) is 12.3 Å². The molecule has 2 nitrogen and oxygen atoms in total. The molecule has 0 aromatic heterocycles. The molecule has 0 radical (unpaired) electrons. The van der Waals surface area contributed by atoms with Crippen molar-refractivity contribution in [3.63, 3.8) is 0 Å². The molecule has 0 saturated carbocycles. The Morgan fingerprint density at radius 2 is 2.05 bits per heavy atom. The van der Waals surface area contributed by atoms with E-state index >= 15 is 0 Å². The van der Waals surface area contributed by atoms with Gasteiger partial charge in [0.15, 0.2) is 0 Å². The van der Waals surface area contributed by atoms with E-state index in [-0.39, 0.29) is 16.7 Å². The summed E-state index contributed by atoms with van der Waals surface area (Å²) < 4.78 is 0.942. The van der Waals surface area contributed by atoms with Crippen LogP contribution in [0.4, 0.5) is 0 Å². The van der Waals surface area contributed by atoms with Gasteiger partial charge in [0, 0.05) is 16.6 Å². The van der Waals surface area contributed by atoms with Crippen molar-refractivity contribution in [3.8, 4) is 0 Å². The average molecular weight is 347 g/mol. The molecule has 106 valence electrons. The van der Waals surface area contributed by atoms with Gasteiger partial charge in [-0.2, -0.15) is 0 Å². The maximum Gasteiger partial charge on any atom is 0.251 e. The number of amides is 1. The van der Waals surface area contributed by atoms with Crippen LogP contribution in [0.5, 0.6) is 0 Å². The van der Waals surface area contributed by atoms with E-state index in [1.807, 2.05) is 25.1 Å². The predicted octanol–water partition coefficient (Wildman–Crippen LogP) is 4.53. The standard InChI is InChI=1S/C15H21BrClNO/c1-10-12(6-5-7-13(10)16)14(19)18-9-11(17)8-15(2,3)4/h5-7,11H,8-9H2,1-4H3,(H,18,19). The number of alkyl halides is 1. The van der Waals surface area contributed by atoms with E-state index < -0.39 is 0 Å². The quantitative estimate of drug-likeness (QED) is 0.797. The fourth-order valence-electron chi connectivity index (χ4n) is 1.89. The molecule has 0 aliphatic carbocycles. The third kappa shape index (κ3) is 5.53. The van der Waals surface area contributed by atoms with E-state index in [2.05, 4.69) is 42.0 Å². The van der Waals surface area contributed by atoms with Crippen LogP contribution in [0.2, 0.25) is 0 Å². The van der Waals surface area contributed by atoms with Crippen LogP contribution in [0.3, 0.4) is 0 Å². The predicted molar refractivity (Wildman–Crippen MR) is 84.9 cm³/mol. The third-order valence-corrected chi connectivity index (χ3v) is 4.00. The van der Waals surface area contributed by atoms with E-state index in [1.54, 1.807) is 0 Å². The van der Waals surface area contributed by atoms with Gasteiger partial charge < -0.3 is 5.32 Å². The number of rotatable bonds is 4. The lowest BCUT2D eigenvalue weighted by Gasteiger charge is -2.22. The van der Waals surface area contributed by atoms with E-state index in [4.69, 9.17) is 11.6 Å². The zero-order valence-corrected chi connectivity index (χ0v) is 14.2. The van der Waals surface area contributed by atoms with E-state index in [0.29, 0.717) is 12.1 Å². The van der Waals surface area contributed by atoms with Crippen molar-refractivity contribution in [1.82, 2.24) is 5.32 Å². The van der Waals surface area contributed by atoms with Crippen LogP contribution in [0.25, 0.3) is 0 Å². The summed E-state index contributed by atoms with van der Waals surface area (Å²) in [5.41, 5.74) is 1.80. The van der Waals surface area contributed by atoms with Crippen molar-refractivity contribution >= 4 is 33.4 Å². The molecule has 0 spiro atoms. The molecule has 1 aromatic rings. The number of halogens is 2. The maximum atomic E-state index is 12.1. The molecule has 1 rings (SSSR count). The molecule has 1 unspecified atom stereocenters. The van der Waals surface area contributed by atoms with Crippen molar-refractivity contribution in [2.75, 3.05) is 6.54 Å². The Bertz CT molecular complexity index is 454. The van der Waals surface area contributed by atoms with Crippen LogP contribution in [0.1, 0.15) is 43.1 Å². The minimum absolute atomic E-state index is 0.0450. The molecular weight excluding hydrogens is 326 g/mol. The summed E-state index contributed by atoms with van der Waals surface area (Å²) in [6.45, 7) is 8.84. The zero-order chi connectivity index (χ0) is 14.6. The van der Waals surface area contributed by atoms with Gasteiger partial charge in [-0.05, 0) is 36.5 Å². The average Bonchev–Trinajstić information content (AvgIpc) is 2.27. The second kappa shape index (κ2) is 6.76. The van der Waals surface area contributed by atoms with Crippen LogP contribution in [-0.2, 0) is 0 Å². The number of hydrogen-bond acceptors (Lipinski definition) is 1. The van der Waals surface area contributed by atoms with Gasteiger partial charge in [0.25, 0.3) is 5.91 Å². The summed E-state index contributed by atoms with van der Waals surface area (Å²) >= 11 is 9.67. The molecule has 1 amide bonds. The highest BCUT2D eigenvalue weighted by Gasteiger charge is 2.18. The number of carbonyl (C=O) groups is 1. The van der Waals surface area contributed by atoms with Gasteiger partial charge in [-0.1, -0.05) is 42.8 Å². The number of benzene rings is 1. The Morgan fingerprint density at radius 1 is 1.42 bits per heavy atom. The molecule has 0 heterocycles. The van der Waals surface area contributed by atoms with E-state index in [9.17, 15) is 4.79 Å². The van der Waals surface area contributed by atoms with Gasteiger partial charge >= 0.3 is 0 Å². The second-order valence-electron chi connectivity index (χ2n) is 5.98. The summed E-state index contributed by atoms with van der Waals surface area (Å²) in [5, 5.41) is 2.85. The molecule has 0 bridgehead atoms. The van der Waals surface area contributed by atoms with Crippen molar-refractivity contribution < 1.29 is 4.79 Å². The normalized spacial score (nSPS) is 13.2. The lowest BCUT2D eigenvalue weighted by Crippen LogP contribution is -2.32. The molecule has 1 N–H and O–H groups in total. The van der Waals surface area contributed by atoms with Gasteiger partial charge in [-0.15, -0.1) is 11.6 Å². The maximum absolute atomic E-state index is 12.1. The minimum atomic E-state index is -0.0710. The largest absolute Gasteiger partial charge is 0.351 e. The molecule has 1 aromatic carbocycles. The third-order valence-electron chi connectivity index (χ3n) is 2.83. The first-order valence-electron chi connectivity index (χ1n) is 6.38. The SMILES string of the molecule is Cc1c(Br)cccc1C(=O)NCC(Cl)CC(C)(C)C. The second-order valence-corrected chi connectivity index (χ2v) is 7.46. The van der Waals surface area contributed by atoms with Gasteiger partial charge in [0.2, 0.25) is 0 Å². The highest BCUT2D eigenvalue weighted by atomic mass is 79.9. The topological polar surface area (TPSA) is 29.1 Å². The Kier molecular flexibility index (Phi) is 5.87. The van der Waals surface area contributed by atoms with Crippen molar-refractivity contribution in [2.45, 2.75) is 39.5 Å². The lowest BCUT2D eigenvalue weighted by atomic mass is 9.90. The molecule has 0 fully saturated rings. The van der Waals surface area contributed by atoms with Crippen LogP contribution < -0.4 is 5.32 Å².